The van der Waals surface area contributed by atoms with Gasteiger partial charge >= 0.3 is 12.1 Å². The lowest BCUT2D eigenvalue weighted by Crippen LogP contribution is -2.49. The Bertz CT molecular complexity index is 1450. The van der Waals surface area contributed by atoms with E-state index in [1.807, 2.05) is 18.2 Å². The molecule has 184 valence electrons. The summed E-state index contributed by atoms with van der Waals surface area (Å²) in [5, 5.41) is 12.8. The van der Waals surface area contributed by atoms with Crippen LogP contribution >= 0.6 is 0 Å². The molecule has 0 bridgehead atoms. The van der Waals surface area contributed by atoms with Crippen LogP contribution in [0.3, 0.4) is 0 Å². The van der Waals surface area contributed by atoms with E-state index in [9.17, 15) is 18.0 Å². The average Bonchev–Trinajstić information content (AvgIpc) is 3.46. The molecule has 0 saturated carbocycles. The monoisotopic (exact) mass is 495 g/mol. The first-order chi connectivity index (χ1) is 17.3. The fourth-order valence-corrected chi connectivity index (χ4v) is 4.86. The molecule has 36 heavy (non-hydrogen) atoms. The fraction of sp³-hybridized carbons (Fsp3) is 0.269. The third-order valence-electron chi connectivity index (χ3n) is 6.67. The van der Waals surface area contributed by atoms with Crippen molar-refractivity contribution in [2.45, 2.75) is 25.6 Å². The van der Waals surface area contributed by atoms with Crippen molar-refractivity contribution in [2.75, 3.05) is 13.1 Å². The van der Waals surface area contributed by atoms with Gasteiger partial charge in [0, 0.05) is 30.8 Å². The second-order valence-corrected chi connectivity index (χ2v) is 9.11. The quantitative estimate of drug-likeness (QED) is 0.402. The van der Waals surface area contributed by atoms with Crippen LogP contribution in [0.15, 0.2) is 57.5 Å². The molecule has 0 spiro atoms. The largest absolute Gasteiger partial charge is 0.481 e. The van der Waals surface area contributed by atoms with Crippen LogP contribution in [-0.4, -0.2) is 39.2 Å². The van der Waals surface area contributed by atoms with Gasteiger partial charge in [-0.3, -0.25) is 9.69 Å². The van der Waals surface area contributed by atoms with Crippen molar-refractivity contribution in [3.63, 3.8) is 0 Å². The van der Waals surface area contributed by atoms with Gasteiger partial charge in [0.05, 0.1) is 11.6 Å². The van der Waals surface area contributed by atoms with Gasteiger partial charge < -0.3 is 14.0 Å². The number of fused-ring (bicyclic) bond motifs is 3. The zero-order valence-electron chi connectivity index (χ0n) is 18.9. The zero-order valence-corrected chi connectivity index (χ0v) is 18.9. The maximum atomic E-state index is 14.1. The van der Waals surface area contributed by atoms with Crippen LogP contribution in [0.25, 0.3) is 34.2 Å². The summed E-state index contributed by atoms with van der Waals surface area (Å²) in [4.78, 5) is 17.4. The maximum Gasteiger partial charge on any atom is 0.422 e. The molecule has 2 aromatic heterocycles. The minimum Gasteiger partial charge on any atom is -0.481 e. The Morgan fingerprint density at radius 1 is 1.08 bits per heavy atom. The zero-order chi connectivity index (χ0) is 25.0. The summed E-state index contributed by atoms with van der Waals surface area (Å²) in [6.45, 7) is 1.68. The van der Waals surface area contributed by atoms with E-state index in [4.69, 9.17) is 14.0 Å². The smallest absolute Gasteiger partial charge is 0.422 e. The molecule has 0 radical (unpaired) electrons. The van der Waals surface area contributed by atoms with Gasteiger partial charge in [-0.25, -0.2) is 4.98 Å². The molecule has 3 heterocycles. The van der Waals surface area contributed by atoms with Crippen molar-refractivity contribution in [3.8, 4) is 34.2 Å². The number of hydrogen-bond donors (Lipinski definition) is 1. The summed E-state index contributed by atoms with van der Waals surface area (Å²) in [6.07, 6.45) is -3.54. The molecule has 7 nitrogen and oxygen atoms in total. The highest BCUT2D eigenvalue weighted by atomic mass is 19.4. The number of halogens is 3. The van der Waals surface area contributed by atoms with Gasteiger partial charge in [0.25, 0.3) is 5.89 Å². The Labute approximate surface area is 203 Å². The molecule has 1 saturated heterocycles. The molecular weight excluding hydrogens is 475 g/mol. The minimum atomic E-state index is -4.72. The number of aromatic nitrogens is 2. The number of aliphatic carboxylic acids is 1. The molecule has 10 heteroatoms. The lowest BCUT2D eigenvalue weighted by atomic mass is 9.91. The number of aryl methyl sites for hydroxylation is 2. The summed E-state index contributed by atoms with van der Waals surface area (Å²) in [6, 6.07) is 13.9. The second kappa shape index (κ2) is 8.34. The Kier molecular flexibility index (Phi) is 5.22. The molecule has 4 aromatic rings. The van der Waals surface area contributed by atoms with Gasteiger partial charge in [0.1, 0.15) is 11.3 Å². The summed E-state index contributed by atoms with van der Waals surface area (Å²) in [7, 11) is 0. The van der Waals surface area contributed by atoms with Crippen LogP contribution < -0.4 is 0 Å². The van der Waals surface area contributed by atoms with Crippen molar-refractivity contribution < 1.29 is 32.0 Å². The van der Waals surface area contributed by atoms with Crippen molar-refractivity contribution in [3.05, 3.63) is 70.9 Å². The number of nitrogens with zero attached hydrogens (tertiary/aromatic N) is 3. The normalized spacial score (nSPS) is 15.9. The van der Waals surface area contributed by atoms with Gasteiger partial charge in [0.15, 0.2) is 5.76 Å². The molecule has 2 aliphatic rings. The van der Waals surface area contributed by atoms with Crippen LogP contribution in [-0.2, 0) is 30.4 Å². The van der Waals surface area contributed by atoms with E-state index < -0.39 is 23.5 Å². The fourth-order valence-electron chi connectivity index (χ4n) is 4.86. The maximum absolute atomic E-state index is 14.1. The van der Waals surface area contributed by atoms with Crippen molar-refractivity contribution >= 4 is 5.97 Å². The number of likely N-dealkylation sites (tertiary alicyclic amines) is 1. The van der Waals surface area contributed by atoms with E-state index >= 15 is 0 Å². The Hall–Kier alpha value is -3.92. The number of alkyl halides is 3. The Morgan fingerprint density at radius 2 is 1.86 bits per heavy atom. The van der Waals surface area contributed by atoms with Crippen molar-refractivity contribution in [2.24, 2.45) is 5.92 Å². The van der Waals surface area contributed by atoms with E-state index in [2.05, 4.69) is 15.0 Å². The predicted octanol–water partition coefficient (Wildman–Crippen LogP) is 5.30. The minimum absolute atomic E-state index is 0.251. The van der Waals surface area contributed by atoms with E-state index in [-0.39, 0.29) is 23.1 Å². The molecular formula is C26H20F3N3O4. The predicted molar refractivity (Wildman–Crippen MR) is 122 cm³/mol. The second-order valence-electron chi connectivity index (χ2n) is 9.11. The first-order valence-electron chi connectivity index (χ1n) is 11.5. The summed E-state index contributed by atoms with van der Waals surface area (Å²) in [5.41, 5.74) is 2.36. The lowest BCUT2D eigenvalue weighted by molar-refractivity contribution is -0.147. The molecule has 1 aliphatic heterocycles. The number of hydrogen-bond acceptors (Lipinski definition) is 6. The number of rotatable bonds is 5. The number of carboxylic acids is 1. The molecule has 1 fully saturated rings. The number of carbonyl (C=O) groups is 1. The highest BCUT2D eigenvalue weighted by Crippen LogP contribution is 2.45. The third kappa shape index (κ3) is 3.87. The van der Waals surface area contributed by atoms with Crippen LogP contribution in [0.2, 0.25) is 0 Å². The average molecular weight is 495 g/mol. The molecule has 0 unspecified atom stereocenters. The van der Waals surface area contributed by atoms with E-state index in [1.54, 1.807) is 18.2 Å². The molecule has 1 N–H and O–H groups in total. The first kappa shape index (κ1) is 22.5. The van der Waals surface area contributed by atoms with Gasteiger partial charge in [-0.05, 0) is 24.0 Å². The highest BCUT2D eigenvalue weighted by molar-refractivity contribution is 5.73. The van der Waals surface area contributed by atoms with Crippen molar-refractivity contribution in [1.29, 1.82) is 0 Å². The first-order valence-corrected chi connectivity index (χ1v) is 11.5. The van der Waals surface area contributed by atoms with Gasteiger partial charge in [0.2, 0.25) is 5.76 Å². The SMILES string of the molecule is O=C(O)C1CN(Cc2ccc3c(c2)CCc2nc(-c4onc(-c5ccccc5)c4C(F)(F)F)oc2-3)C1. The van der Waals surface area contributed by atoms with Gasteiger partial charge in [-0.2, -0.15) is 13.2 Å². The van der Waals surface area contributed by atoms with E-state index in [0.29, 0.717) is 43.9 Å². The molecule has 1 aliphatic carbocycles. The van der Waals surface area contributed by atoms with Gasteiger partial charge in [-0.15, -0.1) is 0 Å². The summed E-state index contributed by atoms with van der Waals surface area (Å²) < 4.78 is 53.3. The molecule has 0 atom stereocenters. The van der Waals surface area contributed by atoms with E-state index in [1.165, 1.54) is 12.1 Å². The molecule has 2 aromatic carbocycles. The van der Waals surface area contributed by atoms with Crippen LogP contribution in [0.4, 0.5) is 13.2 Å². The van der Waals surface area contributed by atoms with Crippen LogP contribution in [0.5, 0.6) is 0 Å². The summed E-state index contributed by atoms with van der Waals surface area (Å²) >= 11 is 0. The number of benzene rings is 2. The van der Waals surface area contributed by atoms with Crippen LogP contribution in [0.1, 0.15) is 22.4 Å². The van der Waals surface area contributed by atoms with Crippen molar-refractivity contribution in [1.82, 2.24) is 15.0 Å². The Balaban J connectivity index is 1.32. The van der Waals surface area contributed by atoms with E-state index in [0.717, 1.165) is 16.7 Å². The van der Waals surface area contributed by atoms with Crippen LogP contribution in [0, 0.1) is 5.92 Å². The number of carboxylic acid groups (broad SMARTS) is 1. The highest BCUT2D eigenvalue weighted by Gasteiger charge is 2.43. The topological polar surface area (TPSA) is 92.6 Å². The Morgan fingerprint density at radius 3 is 2.58 bits per heavy atom. The number of oxazole rings is 1. The summed E-state index contributed by atoms with van der Waals surface area (Å²) in [5.74, 6) is -1.46. The lowest BCUT2D eigenvalue weighted by Gasteiger charge is -2.36. The molecule has 0 amide bonds. The third-order valence-corrected chi connectivity index (χ3v) is 6.67. The van der Waals surface area contributed by atoms with Gasteiger partial charge in [-0.1, -0.05) is 53.7 Å². The standard InChI is InChI=1S/C26H20F3N3O4/c27-26(28,29)20-21(15-4-2-1-3-5-15)31-36-23(20)24-30-19-9-7-16-10-14(6-8-18(16)22(19)35-24)11-32-12-17(13-32)25(33)34/h1-6,8,10,17H,7,9,11-13H2,(H,33,34). The molecule has 6 rings (SSSR count).